The Labute approximate surface area is 159 Å². The van der Waals surface area contributed by atoms with E-state index in [0.29, 0.717) is 31.1 Å². The number of likely N-dealkylation sites (tertiary alicyclic amines) is 1. The van der Waals surface area contributed by atoms with Crippen LogP contribution in [0.3, 0.4) is 0 Å². The van der Waals surface area contributed by atoms with Crippen LogP contribution in [0, 0.1) is 20.8 Å². The van der Waals surface area contributed by atoms with Crippen molar-refractivity contribution in [2.75, 3.05) is 0 Å². The molecule has 0 radical (unpaired) electrons. The van der Waals surface area contributed by atoms with Gasteiger partial charge in [-0.2, -0.15) is 4.98 Å². The highest BCUT2D eigenvalue weighted by Crippen LogP contribution is 2.34. The lowest BCUT2D eigenvalue weighted by molar-refractivity contribution is -0.129. The summed E-state index contributed by atoms with van der Waals surface area (Å²) in [5.74, 6) is 1.23. The molecule has 1 fully saturated rings. The van der Waals surface area contributed by atoms with E-state index in [9.17, 15) is 4.79 Å². The van der Waals surface area contributed by atoms with E-state index in [1.165, 1.54) is 11.1 Å². The third-order valence-corrected chi connectivity index (χ3v) is 5.37. The van der Waals surface area contributed by atoms with Gasteiger partial charge in [-0.1, -0.05) is 47.6 Å². The van der Waals surface area contributed by atoms with Crippen LogP contribution in [-0.2, 0) is 11.3 Å². The number of rotatable bonds is 4. The molecule has 0 bridgehead atoms. The fraction of sp³-hybridized carbons (Fsp3) is 0.318. The van der Waals surface area contributed by atoms with Crippen LogP contribution in [0.5, 0.6) is 0 Å². The number of aryl methyl sites for hydroxylation is 3. The molecule has 138 valence electrons. The second-order valence-corrected chi connectivity index (χ2v) is 7.27. The first-order chi connectivity index (χ1) is 13.0. The summed E-state index contributed by atoms with van der Waals surface area (Å²) in [7, 11) is 0. The SMILES string of the molecule is Cc1ccc(CN2C(=O)CCC2c2nc(-c3ccccc3C)no2)cc1C. The van der Waals surface area contributed by atoms with Crippen molar-refractivity contribution in [2.24, 2.45) is 0 Å². The maximum Gasteiger partial charge on any atom is 0.249 e. The van der Waals surface area contributed by atoms with E-state index < -0.39 is 0 Å². The fourth-order valence-corrected chi connectivity index (χ4v) is 3.59. The predicted octanol–water partition coefficient (Wildman–Crippen LogP) is 4.53. The van der Waals surface area contributed by atoms with Crippen LogP contribution in [0.4, 0.5) is 0 Å². The number of hydrogen-bond acceptors (Lipinski definition) is 4. The van der Waals surface area contributed by atoms with E-state index in [0.717, 1.165) is 16.7 Å². The molecule has 1 atom stereocenters. The van der Waals surface area contributed by atoms with Gasteiger partial charge in [0.05, 0.1) is 0 Å². The van der Waals surface area contributed by atoms with Crippen LogP contribution in [0.1, 0.15) is 47.0 Å². The van der Waals surface area contributed by atoms with Crippen molar-refractivity contribution < 1.29 is 9.32 Å². The number of amides is 1. The largest absolute Gasteiger partial charge is 0.337 e. The van der Waals surface area contributed by atoms with Gasteiger partial charge in [-0.05, 0) is 49.4 Å². The summed E-state index contributed by atoms with van der Waals surface area (Å²) in [6, 6.07) is 14.1. The first kappa shape index (κ1) is 17.5. The summed E-state index contributed by atoms with van der Waals surface area (Å²) < 4.78 is 5.56. The number of nitrogens with zero attached hydrogens (tertiary/aromatic N) is 3. The molecule has 5 nitrogen and oxygen atoms in total. The highest BCUT2D eigenvalue weighted by molar-refractivity contribution is 5.79. The Bertz CT molecular complexity index is 993. The molecule has 5 heteroatoms. The quantitative estimate of drug-likeness (QED) is 0.685. The van der Waals surface area contributed by atoms with Crippen molar-refractivity contribution in [2.45, 2.75) is 46.2 Å². The van der Waals surface area contributed by atoms with Crippen LogP contribution in [0.25, 0.3) is 11.4 Å². The predicted molar refractivity (Wildman–Crippen MR) is 103 cm³/mol. The molecule has 1 aliphatic heterocycles. The molecule has 1 aliphatic rings. The Kier molecular flexibility index (Phi) is 4.52. The van der Waals surface area contributed by atoms with E-state index in [1.807, 2.05) is 36.1 Å². The molecule has 1 saturated heterocycles. The van der Waals surface area contributed by atoms with Crippen LogP contribution < -0.4 is 0 Å². The zero-order valence-corrected chi connectivity index (χ0v) is 15.9. The zero-order chi connectivity index (χ0) is 19.0. The van der Waals surface area contributed by atoms with Gasteiger partial charge in [0, 0.05) is 18.5 Å². The van der Waals surface area contributed by atoms with Crippen molar-refractivity contribution >= 4 is 5.91 Å². The average molecular weight is 361 g/mol. The normalized spacial score (nSPS) is 16.9. The Morgan fingerprint density at radius 2 is 1.89 bits per heavy atom. The molecule has 1 unspecified atom stereocenters. The maximum atomic E-state index is 12.5. The first-order valence-electron chi connectivity index (χ1n) is 9.28. The van der Waals surface area contributed by atoms with Gasteiger partial charge >= 0.3 is 0 Å². The van der Waals surface area contributed by atoms with Gasteiger partial charge in [-0.3, -0.25) is 4.79 Å². The lowest BCUT2D eigenvalue weighted by atomic mass is 10.1. The van der Waals surface area contributed by atoms with E-state index in [1.54, 1.807) is 0 Å². The standard InChI is InChI=1S/C22H23N3O2/c1-14-8-9-17(12-16(14)3)13-25-19(10-11-20(25)26)22-23-21(24-27-22)18-7-5-4-6-15(18)2/h4-9,12,19H,10-11,13H2,1-3H3. The van der Waals surface area contributed by atoms with Crippen LogP contribution in [0.2, 0.25) is 0 Å². The van der Waals surface area contributed by atoms with Crippen LogP contribution >= 0.6 is 0 Å². The van der Waals surface area contributed by atoms with Crippen molar-refractivity contribution in [3.05, 3.63) is 70.6 Å². The van der Waals surface area contributed by atoms with Crippen molar-refractivity contribution in [1.82, 2.24) is 15.0 Å². The average Bonchev–Trinajstić information content (AvgIpc) is 3.26. The van der Waals surface area contributed by atoms with E-state index >= 15 is 0 Å². The number of benzene rings is 2. The second kappa shape index (κ2) is 6.99. The molecule has 2 heterocycles. The molecule has 0 aliphatic carbocycles. The Hall–Kier alpha value is -2.95. The smallest absolute Gasteiger partial charge is 0.249 e. The van der Waals surface area contributed by atoms with Gasteiger partial charge in [0.1, 0.15) is 6.04 Å². The topological polar surface area (TPSA) is 59.2 Å². The molecule has 27 heavy (non-hydrogen) atoms. The Morgan fingerprint density at radius 3 is 2.67 bits per heavy atom. The van der Waals surface area contributed by atoms with E-state index in [4.69, 9.17) is 4.52 Å². The highest BCUT2D eigenvalue weighted by atomic mass is 16.5. The zero-order valence-electron chi connectivity index (χ0n) is 15.9. The minimum absolute atomic E-state index is 0.133. The highest BCUT2D eigenvalue weighted by Gasteiger charge is 2.36. The lowest BCUT2D eigenvalue weighted by Gasteiger charge is -2.22. The summed E-state index contributed by atoms with van der Waals surface area (Å²) in [5.41, 5.74) is 5.66. The molecular formula is C22H23N3O2. The number of hydrogen-bond donors (Lipinski definition) is 0. The fourth-order valence-electron chi connectivity index (χ4n) is 3.59. The number of aromatic nitrogens is 2. The summed E-state index contributed by atoms with van der Waals surface area (Å²) in [6.07, 6.45) is 1.22. The van der Waals surface area contributed by atoms with Crippen LogP contribution in [-0.4, -0.2) is 20.9 Å². The summed E-state index contributed by atoms with van der Waals surface area (Å²) in [4.78, 5) is 19.0. The molecule has 1 aromatic heterocycles. The third-order valence-electron chi connectivity index (χ3n) is 5.37. The molecule has 4 rings (SSSR count). The molecule has 0 saturated carbocycles. The number of carbonyl (C=O) groups is 1. The second-order valence-electron chi connectivity index (χ2n) is 7.27. The van der Waals surface area contributed by atoms with Gasteiger partial charge in [0.15, 0.2) is 0 Å². The van der Waals surface area contributed by atoms with E-state index in [2.05, 4.69) is 42.2 Å². The molecule has 3 aromatic rings. The monoisotopic (exact) mass is 361 g/mol. The maximum absolute atomic E-state index is 12.5. The van der Waals surface area contributed by atoms with Gasteiger partial charge in [0.25, 0.3) is 0 Å². The summed E-state index contributed by atoms with van der Waals surface area (Å²) in [6.45, 7) is 6.77. The minimum atomic E-state index is -0.163. The Balaban J connectivity index is 1.60. The molecule has 0 spiro atoms. The first-order valence-corrected chi connectivity index (χ1v) is 9.28. The third kappa shape index (κ3) is 3.37. The van der Waals surface area contributed by atoms with Crippen molar-refractivity contribution in [3.63, 3.8) is 0 Å². The van der Waals surface area contributed by atoms with E-state index in [-0.39, 0.29) is 11.9 Å². The summed E-state index contributed by atoms with van der Waals surface area (Å²) >= 11 is 0. The van der Waals surface area contributed by atoms with Gasteiger partial charge < -0.3 is 9.42 Å². The van der Waals surface area contributed by atoms with Gasteiger partial charge in [-0.15, -0.1) is 0 Å². The molecule has 0 N–H and O–H groups in total. The van der Waals surface area contributed by atoms with Crippen molar-refractivity contribution in [3.8, 4) is 11.4 Å². The lowest BCUT2D eigenvalue weighted by Crippen LogP contribution is -2.27. The molecule has 1 amide bonds. The number of carbonyl (C=O) groups excluding carboxylic acids is 1. The molecular weight excluding hydrogens is 338 g/mol. The summed E-state index contributed by atoms with van der Waals surface area (Å²) in [5, 5.41) is 4.16. The minimum Gasteiger partial charge on any atom is -0.337 e. The van der Waals surface area contributed by atoms with Crippen molar-refractivity contribution in [1.29, 1.82) is 0 Å². The van der Waals surface area contributed by atoms with Gasteiger partial charge in [0.2, 0.25) is 17.6 Å². The molecule has 2 aromatic carbocycles. The van der Waals surface area contributed by atoms with Gasteiger partial charge in [-0.25, -0.2) is 0 Å². The Morgan fingerprint density at radius 1 is 1.07 bits per heavy atom. The van der Waals surface area contributed by atoms with Crippen LogP contribution in [0.15, 0.2) is 47.0 Å².